The van der Waals surface area contributed by atoms with Gasteiger partial charge in [-0.15, -0.1) is 0 Å². The van der Waals surface area contributed by atoms with Crippen LogP contribution >= 0.6 is 12.2 Å². The second kappa shape index (κ2) is 5.51. The van der Waals surface area contributed by atoms with Gasteiger partial charge in [-0.2, -0.15) is 5.90 Å². The highest BCUT2D eigenvalue weighted by Gasteiger charge is 2.23. The average Bonchev–Trinajstić information content (AvgIpc) is 2.47. The largest absolute Gasteiger partial charge is 0.411 e. The third-order valence-corrected chi connectivity index (χ3v) is 3.73. The van der Waals surface area contributed by atoms with E-state index in [0.29, 0.717) is 5.75 Å². The molecule has 0 aliphatic carbocycles. The Hall–Kier alpha value is -1.71. The van der Waals surface area contributed by atoms with E-state index in [1.165, 1.54) is 11.1 Å². The van der Waals surface area contributed by atoms with E-state index in [0.717, 1.165) is 5.56 Å². The minimum absolute atomic E-state index is 0.0958. The minimum atomic E-state index is -0.0958. The molecule has 0 saturated carbocycles. The Morgan fingerprint density at radius 2 is 1.74 bits per heavy atom. The predicted molar refractivity (Wildman–Crippen MR) is 82.6 cm³/mol. The molecule has 0 radical (unpaired) electrons. The van der Waals surface area contributed by atoms with Crippen LogP contribution in [0.4, 0.5) is 0 Å². The van der Waals surface area contributed by atoms with Crippen molar-refractivity contribution >= 4 is 17.6 Å². The molecule has 98 valence electrons. The zero-order chi connectivity index (χ0) is 13.9. The van der Waals surface area contributed by atoms with Crippen molar-refractivity contribution in [2.24, 2.45) is 5.90 Å². The third-order valence-electron chi connectivity index (χ3n) is 3.48. The van der Waals surface area contributed by atoms with Gasteiger partial charge >= 0.3 is 0 Å². The summed E-state index contributed by atoms with van der Waals surface area (Å²) in [6.45, 7) is 4.38. The number of thiocarbonyl (C=S) groups is 1. The van der Waals surface area contributed by atoms with E-state index in [4.69, 9.17) is 23.0 Å². The first-order valence-corrected chi connectivity index (χ1v) is 6.58. The van der Waals surface area contributed by atoms with Gasteiger partial charge in [0.05, 0.1) is 0 Å². The van der Waals surface area contributed by atoms with E-state index < -0.39 is 0 Å². The van der Waals surface area contributed by atoms with Gasteiger partial charge in [-0.3, -0.25) is 0 Å². The summed E-state index contributed by atoms with van der Waals surface area (Å²) in [6, 6.07) is 16.3. The fourth-order valence-electron chi connectivity index (χ4n) is 2.16. The first-order valence-electron chi connectivity index (χ1n) is 6.11. The van der Waals surface area contributed by atoms with Crippen LogP contribution in [0.1, 0.15) is 30.5 Å². The molecule has 0 aliphatic heterocycles. The third kappa shape index (κ3) is 2.67. The van der Waals surface area contributed by atoms with Gasteiger partial charge in [0.1, 0.15) is 0 Å². The minimum Gasteiger partial charge on any atom is -0.411 e. The second-order valence-corrected chi connectivity index (χ2v) is 5.22. The van der Waals surface area contributed by atoms with Gasteiger partial charge in [0, 0.05) is 16.3 Å². The molecule has 0 aromatic heterocycles. The van der Waals surface area contributed by atoms with Crippen LogP contribution in [0, 0.1) is 0 Å². The van der Waals surface area contributed by atoms with Gasteiger partial charge in [-0.25, -0.2) is 0 Å². The summed E-state index contributed by atoms with van der Waals surface area (Å²) in [5.41, 5.74) is 3.17. The van der Waals surface area contributed by atoms with E-state index >= 15 is 0 Å². The van der Waals surface area contributed by atoms with E-state index in [9.17, 15) is 0 Å². The monoisotopic (exact) mass is 271 g/mol. The number of rotatable bonds is 4. The second-order valence-electron chi connectivity index (χ2n) is 4.98. The van der Waals surface area contributed by atoms with Crippen LogP contribution in [0.3, 0.4) is 0 Å². The Bertz CT molecular complexity index is 579. The summed E-state index contributed by atoms with van der Waals surface area (Å²) >= 11 is 5.01. The SMILES string of the molecule is CC(C)(c1ccccc1)c1ccc(ON)c(C=S)c1. The van der Waals surface area contributed by atoms with Crippen LogP contribution in [0.15, 0.2) is 48.5 Å². The Balaban J connectivity index is 2.49. The summed E-state index contributed by atoms with van der Waals surface area (Å²) < 4.78 is 0. The molecular formula is C16H17NOS. The highest BCUT2D eigenvalue weighted by molar-refractivity contribution is 7.79. The smallest absolute Gasteiger partial charge is 0.154 e. The van der Waals surface area contributed by atoms with Crippen LogP contribution in [0.2, 0.25) is 0 Å². The van der Waals surface area contributed by atoms with Crippen molar-refractivity contribution in [3.63, 3.8) is 0 Å². The van der Waals surface area contributed by atoms with Crippen molar-refractivity contribution in [3.8, 4) is 5.75 Å². The number of benzene rings is 2. The highest BCUT2D eigenvalue weighted by Crippen LogP contribution is 2.33. The number of nitrogens with two attached hydrogens (primary N) is 1. The lowest BCUT2D eigenvalue weighted by Gasteiger charge is -2.26. The topological polar surface area (TPSA) is 35.2 Å². The molecule has 0 aliphatic rings. The zero-order valence-electron chi connectivity index (χ0n) is 11.1. The Morgan fingerprint density at radius 3 is 2.32 bits per heavy atom. The normalized spacial score (nSPS) is 11.1. The van der Waals surface area contributed by atoms with Crippen molar-refractivity contribution in [2.45, 2.75) is 19.3 Å². The molecule has 2 N–H and O–H groups in total. The molecule has 2 aromatic rings. The van der Waals surface area contributed by atoms with E-state index in [-0.39, 0.29) is 5.41 Å². The molecular weight excluding hydrogens is 254 g/mol. The first-order chi connectivity index (χ1) is 9.09. The molecule has 0 atom stereocenters. The van der Waals surface area contributed by atoms with Crippen LogP contribution in [-0.4, -0.2) is 5.37 Å². The Labute approximate surface area is 119 Å². The quantitative estimate of drug-likeness (QED) is 0.681. The Morgan fingerprint density at radius 1 is 1.05 bits per heavy atom. The van der Waals surface area contributed by atoms with E-state index in [1.54, 1.807) is 5.37 Å². The zero-order valence-corrected chi connectivity index (χ0v) is 11.9. The van der Waals surface area contributed by atoms with Crippen molar-refractivity contribution < 1.29 is 4.84 Å². The summed E-state index contributed by atoms with van der Waals surface area (Å²) in [6.07, 6.45) is 0. The van der Waals surface area contributed by atoms with E-state index in [2.05, 4.69) is 38.1 Å². The van der Waals surface area contributed by atoms with Crippen LogP contribution in [0.5, 0.6) is 5.75 Å². The lowest BCUT2D eigenvalue weighted by atomic mass is 9.78. The van der Waals surface area contributed by atoms with Crippen LogP contribution in [-0.2, 0) is 5.41 Å². The maximum atomic E-state index is 5.23. The van der Waals surface area contributed by atoms with Gasteiger partial charge in [0.25, 0.3) is 0 Å². The maximum Gasteiger partial charge on any atom is 0.154 e. The van der Waals surface area contributed by atoms with E-state index in [1.807, 2.05) is 24.3 Å². The number of hydrogen-bond donors (Lipinski definition) is 1. The standard InChI is InChI=1S/C16H17NOS/c1-16(2,13-6-4-3-5-7-13)14-8-9-15(18-17)12(10-14)11-19/h3-11H,17H2,1-2H3. The molecule has 0 unspecified atom stereocenters. The molecule has 0 spiro atoms. The number of hydrogen-bond acceptors (Lipinski definition) is 3. The fourth-order valence-corrected chi connectivity index (χ4v) is 2.34. The molecule has 3 heteroatoms. The van der Waals surface area contributed by atoms with Crippen molar-refractivity contribution in [1.29, 1.82) is 0 Å². The van der Waals surface area contributed by atoms with Gasteiger partial charge in [0.2, 0.25) is 0 Å². The van der Waals surface area contributed by atoms with Crippen molar-refractivity contribution in [2.75, 3.05) is 0 Å². The fraction of sp³-hybridized carbons (Fsp3) is 0.188. The molecule has 0 bridgehead atoms. The van der Waals surface area contributed by atoms with Crippen molar-refractivity contribution in [3.05, 3.63) is 65.2 Å². The summed E-state index contributed by atoms with van der Waals surface area (Å²) in [5.74, 6) is 5.83. The van der Waals surface area contributed by atoms with Gasteiger partial charge < -0.3 is 4.84 Å². The molecule has 0 saturated heterocycles. The average molecular weight is 271 g/mol. The molecule has 2 nitrogen and oxygen atoms in total. The lowest BCUT2D eigenvalue weighted by Crippen LogP contribution is -2.19. The maximum absolute atomic E-state index is 5.23. The summed E-state index contributed by atoms with van der Waals surface area (Å²) in [4.78, 5) is 4.81. The van der Waals surface area contributed by atoms with Crippen molar-refractivity contribution in [1.82, 2.24) is 0 Å². The van der Waals surface area contributed by atoms with Crippen LogP contribution in [0.25, 0.3) is 0 Å². The Kier molecular flexibility index (Phi) is 3.98. The van der Waals surface area contributed by atoms with Gasteiger partial charge in [-0.05, 0) is 23.3 Å². The molecule has 19 heavy (non-hydrogen) atoms. The molecule has 0 amide bonds. The van der Waals surface area contributed by atoms with Gasteiger partial charge in [-0.1, -0.05) is 62.5 Å². The molecule has 2 aromatic carbocycles. The van der Waals surface area contributed by atoms with Crippen LogP contribution < -0.4 is 10.7 Å². The van der Waals surface area contributed by atoms with Gasteiger partial charge in [0.15, 0.2) is 5.75 Å². The highest BCUT2D eigenvalue weighted by atomic mass is 32.1. The first kappa shape index (κ1) is 13.7. The predicted octanol–water partition coefficient (Wildman–Crippen LogP) is 3.61. The summed E-state index contributed by atoms with van der Waals surface area (Å²) in [5, 5.41) is 1.59. The lowest BCUT2D eigenvalue weighted by molar-refractivity contribution is 0.334. The molecule has 0 fully saturated rings. The summed E-state index contributed by atoms with van der Waals surface area (Å²) in [7, 11) is 0. The molecule has 0 heterocycles. The molecule has 2 rings (SSSR count).